The highest BCUT2D eigenvalue weighted by Gasteiger charge is 2.28. The second-order valence-corrected chi connectivity index (χ2v) is 8.98. The molecule has 2 aliphatic carbocycles. The van der Waals surface area contributed by atoms with Crippen molar-refractivity contribution in [2.24, 2.45) is 0 Å². The van der Waals surface area contributed by atoms with Crippen molar-refractivity contribution in [2.45, 2.75) is 70.4 Å². The standard InChI is InChI=1S/C26H29N3O2/c1-17(19-11-10-18-6-2-3-7-20(18)16-19)27-25(30)15-14-24-28-23-9-5-4-8-22(23)26(31)29(24)21-12-13-21/h4-5,8-11,16-17,21H,2-3,6-7,12-15H2,1H3,(H,27,30). The monoisotopic (exact) mass is 415 g/mol. The largest absolute Gasteiger partial charge is 0.350 e. The summed E-state index contributed by atoms with van der Waals surface area (Å²) in [7, 11) is 0. The molecule has 0 aliphatic heterocycles. The number of carbonyl (C=O) groups is 1. The van der Waals surface area contributed by atoms with Gasteiger partial charge in [0.15, 0.2) is 0 Å². The first-order valence-corrected chi connectivity index (χ1v) is 11.5. The fraction of sp³-hybridized carbons (Fsp3) is 0.423. The molecule has 5 rings (SSSR count). The van der Waals surface area contributed by atoms with Crippen molar-refractivity contribution >= 4 is 16.8 Å². The summed E-state index contributed by atoms with van der Waals surface area (Å²) < 4.78 is 1.82. The van der Waals surface area contributed by atoms with Crippen LogP contribution in [0.15, 0.2) is 47.3 Å². The van der Waals surface area contributed by atoms with E-state index in [0.717, 1.165) is 37.1 Å². The second-order valence-electron chi connectivity index (χ2n) is 8.98. The van der Waals surface area contributed by atoms with Crippen LogP contribution in [0.2, 0.25) is 0 Å². The Morgan fingerprint density at radius 2 is 1.90 bits per heavy atom. The van der Waals surface area contributed by atoms with Crippen LogP contribution in [-0.4, -0.2) is 15.5 Å². The maximum Gasteiger partial charge on any atom is 0.261 e. The van der Waals surface area contributed by atoms with Gasteiger partial charge in [0.25, 0.3) is 5.56 Å². The van der Waals surface area contributed by atoms with Crippen LogP contribution >= 0.6 is 0 Å². The van der Waals surface area contributed by atoms with E-state index < -0.39 is 0 Å². The van der Waals surface area contributed by atoms with Crippen LogP contribution in [0, 0.1) is 0 Å². The molecule has 0 spiro atoms. The molecule has 160 valence electrons. The molecule has 1 heterocycles. The van der Waals surface area contributed by atoms with Crippen molar-refractivity contribution in [3.05, 3.63) is 75.3 Å². The minimum atomic E-state index is -0.0325. The SMILES string of the molecule is CC(NC(=O)CCc1nc2ccccc2c(=O)n1C1CC1)c1ccc2c(c1)CCCC2. The lowest BCUT2D eigenvalue weighted by molar-refractivity contribution is -0.121. The van der Waals surface area contributed by atoms with E-state index in [0.29, 0.717) is 23.7 Å². The number of carbonyl (C=O) groups excluding carboxylic acids is 1. The first-order valence-electron chi connectivity index (χ1n) is 11.5. The molecule has 1 fully saturated rings. The zero-order valence-corrected chi connectivity index (χ0v) is 18.1. The summed E-state index contributed by atoms with van der Waals surface area (Å²) in [5.74, 6) is 0.720. The van der Waals surface area contributed by atoms with Crippen molar-refractivity contribution in [1.29, 1.82) is 0 Å². The Hall–Kier alpha value is -2.95. The Labute approximate surface area is 182 Å². The molecule has 5 nitrogen and oxygen atoms in total. The van der Waals surface area contributed by atoms with Crippen molar-refractivity contribution < 1.29 is 4.79 Å². The molecule has 1 atom stereocenters. The summed E-state index contributed by atoms with van der Waals surface area (Å²) in [5.41, 5.74) is 4.77. The molecule has 31 heavy (non-hydrogen) atoms. The number of fused-ring (bicyclic) bond motifs is 2. The van der Waals surface area contributed by atoms with Crippen LogP contribution in [-0.2, 0) is 24.1 Å². The van der Waals surface area contributed by atoms with Crippen molar-refractivity contribution in [3.8, 4) is 0 Å². The van der Waals surface area contributed by atoms with E-state index in [9.17, 15) is 9.59 Å². The van der Waals surface area contributed by atoms with Gasteiger partial charge in [-0.3, -0.25) is 14.2 Å². The average Bonchev–Trinajstić information content (AvgIpc) is 3.62. The Morgan fingerprint density at radius 3 is 2.71 bits per heavy atom. The third-order valence-electron chi connectivity index (χ3n) is 6.62. The van der Waals surface area contributed by atoms with E-state index in [1.165, 1.54) is 24.0 Å². The van der Waals surface area contributed by atoms with Crippen LogP contribution in [0.4, 0.5) is 0 Å². The number of para-hydroxylation sites is 1. The Kier molecular flexibility index (Phi) is 5.34. The van der Waals surface area contributed by atoms with Crippen LogP contribution in [0.5, 0.6) is 0 Å². The maximum atomic E-state index is 13.0. The van der Waals surface area contributed by atoms with Crippen molar-refractivity contribution in [3.63, 3.8) is 0 Å². The molecule has 1 N–H and O–H groups in total. The number of hydrogen-bond acceptors (Lipinski definition) is 3. The lowest BCUT2D eigenvalue weighted by Gasteiger charge is -2.20. The number of amides is 1. The number of hydrogen-bond donors (Lipinski definition) is 1. The smallest absolute Gasteiger partial charge is 0.261 e. The first-order chi connectivity index (χ1) is 15.1. The lowest BCUT2D eigenvalue weighted by atomic mass is 9.89. The summed E-state index contributed by atoms with van der Waals surface area (Å²) in [6, 6.07) is 14.3. The molecule has 0 radical (unpaired) electrons. The molecule has 0 saturated heterocycles. The molecule has 0 bridgehead atoms. The topological polar surface area (TPSA) is 64.0 Å². The molecule has 1 amide bonds. The first kappa shape index (κ1) is 20.0. The van der Waals surface area contributed by atoms with Gasteiger partial charge < -0.3 is 5.32 Å². The van der Waals surface area contributed by atoms with Gasteiger partial charge in [0.1, 0.15) is 5.82 Å². The fourth-order valence-electron chi connectivity index (χ4n) is 4.72. The van der Waals surface area contributed by atoms with Gasteiger partial charge in [0.2, 0.25) is 5.91 Å². The van der Waals surface area contributed by atoms with E-state index in [4.69, 9.17) is 4.98 Å². The second kappa shape index (κ2) is 8.29. The molecule has 2 aliphatic rings. The maximum absolute atomic E-state index is 13.0. The lowest BCUT2D eigenvalue weighted by Crippen LogP contribution is -2.29. The van der Waals surface area contributed by atoms with Crippen LogP contribution in [0.1, 0.15) is 73.6 Å². The van der Waals surface area contributed by atoms with Gasteiger partial charge in [0, 0.05) is 18.9 Å². The highest BCUT2D eigenvalue weighted by molar-refractivity contribution is 5.78. The van der Waals surface area contributed by atoms with Gasteiger partial charge in [-0.2, -0.15) is 0 Å². The average molecular weight is 416 g/mol. The van der Waals surface area contributed by atoms with Gasteiger partial charge in [-0.25, -0.2) is 4.98 Å². The van der Waals surface area contributed by atoms with Crippen molar-refractivity contribution in [1.82, 2.24) is 14.9 Å². The molecule has 3 aromatic rings. The summed E-state index contributed by atoms with van der Waals surface area (Å²) in [6.07, 6.45) is 7.63. The third-order valence-corrected chi connectivity index (χ3v) is 6.62. The van der Waals surface area contributed by atoms with Gasteiger partial charge in [0.05, 0.1) is 16.9 Å². The summed E-state index contributed by atoms with van der Waals surface area (Å²) in [4.78, 5) is 30.4. The summed E-state index contributed by atoms with van der Waals surface area (Å²) in [5, 5.41) is 3.79. The predicted molar refractivity (Wildman–Crippen MR) is 122 cm³/mol. The van der Waals surface area contributed by atoms with Crippen LogP contribution in [0.3, 0.4) is 0 Å². The number of nitrogens with zero attached hydrogens (tertiary/aromatic N) is 2. The quantitative estimate of drug-likeness (QED) is 0.648. The zero-order valence-electron chi connectivity index (χ0n) is 18.1. The molecular weight excluding hydrogens is 386 g/mol. The number of aromatic nitrogens is 2. The number of nitrogens with one attached hydrogen (secondary N) is 1. The van der Waals surface area contributed by atoms with Crippen LogP contribution in [0.25, 0.3) is 10.9 Å². The Morgan fingerprint density at radius 1 is 1.13 bits per heavy atom. The van der Waals surface area contributed by atoms with Gasteiger partial charge >= 0.3 is 0 Å². The predicted octanol–water partition coefficient (Wildman–Crippen LogP) is 4.42. The fourth-order valence-corrected chi connectivity index (χ4v) is 4.72. The Balaban J connectivity index is 1.29. The van der Waals surface area contributed by atoms with E-state index >= 15 is 0 Å². The number of rotatable bonds is 6. The minimum absolute atomic E-state index is 0.00465. The van der Waals surface area contributed by atoms with Gasteiger partial charge in [-0.1, -0.05) is 30.3 Å². The van der Waals surface area contributed by atoms with E-state index in [1.54, 1.807) is 0 Å². The van der Waals surface area contributed by atoms with E-state index in [1.807, 2.05) is 35.8 Å². The zero-order chi connectivity index (χ0) is 21.4. The number of benzene rings is 2. The molecule has 1 saturated carbocycles. The van der Waals surface area contributed by atoms with E-state index in [2.05, 4.69) is 23.5 Å². The summed E-state index contributed by atoms with van der Waals surface area (Å²) >= 11 is 0. The van der Waals surface area contributed by atoms with Crippen molar-refractivity contribution in [2.75, 3.05) is 0 Å². The minimum Gasteiger partial charge on any atom is -0.350 e. The highest BCUT2D eigenvalue weighted by Crippen LogP contribution is 2.35. The van der Waals surface area contributed by atoms with Gasteiger partial charge in [-0.05, 0) is 74.3 Å². The molecule has 1 unspecified atom stereocenters. The normalized spacial score (nSPS) is 16.7. The Bertz CT molecular complexity index is 1190. The molecule has 2 aromatic carbocycles. The van der Waals surface area contributed by atoms with E-state index in [-0.39, 0.29) is 23.6 Å². The molecule has 5 heteroatoms. The molecule has 1 aromatic heterocycles. The van der Waals surface area contributed by atoms with Crippen LogP contribution < -0.4 is 10.9 Å². The van der Waals surface area contributed by atoms with Gasteiger partial charge in [-0.15, -0.1) is 0 Å². The summed E-state index contributed by atoms with van der Waals surface area (Å²) in [6.45, 7) is 2.04. The highest BCUT2D eigenvalue weighted by atomic mass is 16.1. The third kappa shape index (κ3) is 4.14. The molecular formula is C26H29N3O2. The number of aryl methyl sites for hydroxylation is 3.